The fourth-order valence-corrected chi connectivity index (χ4v) is 5.43. The second-order valence-corrected chi connectivity index (χ2v) is 10.7. The summed E-state index contributed by atoms with van der Waals surface area (Å²) >= 11 is 2.39. The summed E-state index contributed by atoms with van der Waals surface area (Å²) in [4.78, 5) is 4.70. The lowest BCUT2D eigenvalue weighted by Crippen LogP contribution is -2.26. The zero-order valence-electron chi connectivity index (χ0n) is 21.6. The van der Waals surface area contributed by atoms with Gasteiger partial charge in [0, 0.05) is 30.2 Å². The minimum atomic E-state index is 0. The van der Waals surface area contributed by atoms with Crippen molar-refractivity contribution in [3.8, 4) is 0 Å². The number of aryl methyl sites for hydroxylation is 9. The Morgan fingerprint density at radius 1 is 0.515 bits per heavy atom. The minimum Gasteiger partial charge on any atom is -0.328 e. The first-order valence-corrected chi connectivity index (χ1v) is 12.7. The average Bonchev–Trinajstić information content (AvgIpc) is 3.14. The topological polar surface area (TPSA) is 6.48 Å². The molecule has 0 saturated heterocycles. The number of hydrogen-bond donors (Lipinski definition) is 0. The molecule has 0 spiro atoms. The van der Waals surface area contributed by atoms with E-state index in [0.29, 0.717) is 0 Å². The molecule has 2 nitrogen and oxygen atoms in total. The SMILES string of the molecule is Cc1cc(C)c(I)c(C)c1.Cc1cc(C)c(N2C=CN(c3c(C)cc(C)cc3C)C2)c(C)c1.[HH].[HH]. The fraction of sp³-hybridized carbons (Fsp3) is 0.333. The number of benzene rings is 3. The van der Waals surface area contributed by atoms with E-state index in [9.17, 15) is 0 Å². The van der Waals surface area contributed by atoms with Gasteiger partial charge in [0.05, 0.1) is 6.67 Å². The quantitative estimate of drug-likeness (QED) is 0.291. The average molecular weight is 557 g/mol. The predicted molar refractivity (Wildman–Crippen MR) is 158 cm³/mol. The molecule has 0 aromatic heterocycles. The van der Waals surface area contributed by atoms with Crippen molar-refractivity contribution in [3.63, 3.8) is 0 Å². The van der Waals surface area contributed by atoms with Crippen LogP contribution in [0.5, 0.6) is 0 Å². The summed E-state index contributed by atoms with van der Waals surface area (Å²) in [5.41, 5.74) is 14.8. The lowest BCUT2D eigenvalue weighted by atomic mass is 10.0. The second-order valence-electron chi connectivity index (χ2n) is 9.59. The maximum Gasteiger partial charge on any atom is 0.0989 e. The van der Waals surface area contributed by atoms with Gasteiger partial charge in [-0.3, -0.25) is 0 Å². The van der Waals surface area contributed by atoms with E-state index >= 15 is 0 Å². The molecule has 0 fully saturated rings. The van der Waals surface area contributed by atoms with Crippen LogP contribution in [0.1, 0.15) is 52.9 Å². The highest BCUT2D eigenvalue weighted by Gasteiger charge is 2.21. The van der Waals surface area contributed by atoms with Crippen LogP contribution in [0, 0.1) is 65.9 Å². The highest BCUT2D eigenvalue weighted by molar-refractivity contribution is 14.1. The summed E-state index contributed by atoms with van der Waals surface area (Å²) in [5.74, 6) is 0. The van der Waals surface area contributed by atoms with E-state index in [4.69, 9.17) is 0 Å². The van der Waals surface area contributed by atoms with Crippen LogP contribution in [0.15, 0.2) is 48.8 Å². The Hall–Kier alpha value is -2.27. The third-order valence-electron chi connectivity index (χ3n) is 6.16. The highest BCUT2D eigenvalue weighted by Crippen LogP contribution is 2.33. The molecule has 178 valence electrons. The molecule has 0 N–H and O–H groups in total. The van der Waals surface area contributed by atoms with Gasteiger partial charge in [0.1, 0.15) is 0 Å². The molecule has 3 heteroatoms. The van der Waals surface area contributed by atoms with Crippen molar-refractivity contribution in [2.75, 3.05) is 16.5 Å². The van der Waals surface area contributed by atoms with Gasteiger partial charge in [-0.1, -0.05) is 53.1 Å². The molecule has 4 rings (SSSR count). The van der Waals surface area contributed by atoms with Crippen LogP contribution in [-0.4, -0.2) is 6.67 Å². The summed E-state index contributed by atoms with van der Waals surface area (Å²) in [6, 6.07) is 13.5. The lowest BCUT2D eigenvalue weighted by Gasteiger charge is -2.27. The normalized spacial score (nSPS) is 12.8. The maximum absolute atomic E-state index is 2.39. The summed E-state index contributed by atoms with van der Waals surface area (Å²) < 4.78 is 1.39. The minimum absolute atomic E-state index is 0. The van der Waals surface area contributed by atoms with Gasteiger partial charge >= 0.3 is 0 Å². The Balaban J connectivity index is 0.000000435. The van der Waals surface area contributed by atoms with Crippen LogP contribution in [-0.2, 0) is 0 Å². The molecular weight excluding hydrogens is 515 g/mol. The van der Waals surface area contributed by atoms with Gasteiger partial charge in [0.2, 0.25) is 0 Å². The van der Waals surface area contributed by atoms with E-state index in [-0.39, 0.29) is 2.85 Å². The molecule has 0 unspecified atom stereocenters. The van der Waals surface area contributed by atoms with Crippen LogP contribution < -0.4 is 9.80 Å². The first kappa shape index (κ1) is 25.4. The number of rotatable bonds is 2. The predicted octanol–water partition coefficient (Wildman–Crippen LogP) is 9.00. The molecule has 0 radical (unpaired) electrons. The standard InChI is InChI=1S/C21H26N2.C9H11I.2H2/c1-14-9-16(3)20(17(4)10-14)22-7-8-23(13-22)21-18(5)11-15(2)12-19(21)6;1-6-4-7(2)9(10)8(3)5-6;;/h7-12H,13H2,1-6H3;4-5H,1-3H3;2*1H. The molecule has 0 aliphatic carbocycles. The Kier molecular flexibility index (Phi) is 7.94. The van der Waals surface area contributed by atoms with E-state index in [0.717, 1.165) is 6.67 Å². The van der Waals surface area contributed by atoms with Gasteiger partial charge in [-0.2, -0.15) is 0 Å². The molecule has 0 bridgehead atoms. The van der Waals surface area contributed by atoms with Crippen LogP contribution in [0.2, 0.25) is 0 Å². The van der Waals surface area contributed by atoms with E-state index in [1.807, 2.05) is 0 Å². The Labute approximate surface area is 217 Å². The Morgan fingerprint density at radius 3 is 1.09 bits per heavy atom. The van der Waals surface area contributed by atoms with Crippen molar-refractivity contribution in [3.05, 3.63) is 102 Å². The van der Waals surface area contributed by atoms with Gasteiger partial charge in [-0.05, 0) is 118 Å². The molecule has 0 atom stereocenters. The first-order chi connectivity index (χ1) is 15.5. The zero-order valence-corrected chi connectivity index (χ0v) is 23.8. The van der Waals surface area contributed by atoms with Crippen molar-refractivity contribution in [2.24, 2.45) is 0 Å². The van der Waals surface area contributed by atoms with E-state index in [1.165, 1.54) is 65.0 Å². The third kappa shape index (κ3) is 5.81. The largest absolute Gasteiger partial charge is 0.328 e. The van der Waals surface area contributed by atoms with Crippen molar-refractivity contribution < 1.29 is 2.85 Å². The van der Waals surface area contributed by atoms with Crippen LogP contribution in [0.3, 0.4) is 0 Å². The number of nitrogens with zero attached hydrogens (tertiary/aromatic N) is 2. The van der Waals surface area contributed by atoms with Gasteiger partial charge < -0.3 is 9.80 Å². The lowest BCUT2D eigenvalue weighted by molar-refractivity contribution is 0.954. The van der Waals surface area contributed by atoms with Gasteiger partial charge in [-0.25, -0.2) is 0 Å². The summed E-state index contributed by atoms with van der Waals surface area (Å²) in [6.45, 7) is 20.4. The summed E-state index contributed by atoms with van der Waals surface area (Å²) in [6.07, 6.45) is 4.40. The van der Waals surface area contributed by atoms with Gasteiger partial charge in [0.15, 0.2) is 0 Å². The van der Waals surface area contributed by atoms with E-state index in [1.54, 1.807) is 0 Å². The first-order valence-electron chi connectivity index (χ1n) is 11.6. The molecule has 1 aliphatic rings. The van der Waals surface area contributed by atoms with Crippen LogP contribution >= 0.6 is 22.6 Å². The highest BCUT2D eigenvalue weighted by atomic mass is 127. The van der Waals surface area contributed by atoms with E-state index < -0.39 is 0 Å². The molecule has 0 saturated carbocycles. The number of hydrogen-bond acceptors (Lipinski definition) is 2. The molecule has 0 amide bonds. The Bertz CT molecular complexity index is 1080. The van der Waals surface area contributed by atoms with Crippen LogP contribution in [0.25, 0.3) is 0 Å². The number of anilines is 2. The third-order valence-corrected chi connectivity index (χ3v) is 7.86. The summed E-state index contributed by atoms with van der Waals surface area (Å²) in [7, 11) is 0. The number of halogens is 1. The monoisotopic (exact) mass is 556 g/mol. The van der Waals surface area contributed by atoms with Crippen molar-refractivity contribution >= 4 is 34.0 Å². The van der Waals surface area contributed by atoms with Crippen LogP contribution in [0.4, 0.5) is 11.4 Å². The van der Waals surface area contributed by atoms with Gasteiger partial charge in [0.25, 0.3) is 0 Å². The van der Waals surface area contributed by atoms with Crippen molar-refractivity contribution in [2.45, 2.75) is 62.3 Å². The zero-order chi connectivity index (χ0) is 24.4. The molecular formula is C30H41IN2. The fourth-order valence-electron chi connectivity index (χ4n) is 5.12. The molecule has 1 aliphatic heterocycles. The molecule has 33 heavy (non-hydrogen) atoms. The smallest absolute Gasteiger partial charge is 0.0989 e. The second kappa shape index (κ2) is 10.3. The maximum atomic E-state index is 2.39. The van der Waals surface area contributed by atoms with Crippen molar-refractivity contribution in [1.29, 1.82) is 0 Å². The molecule has 3 aromatic rings. The molecule has 1 heterocycles. The van der Waals surface area contributed by atoms with Gasteiger partial charge in [-0.15, -0.1) is 0 Å². The van der Waals surface area contributed by atoms with E-state index in [2.05, 4.69) is 144 Å². The summed E-state index contributed by atoms with van der Waals surface area (Å²) in [5, 5.41) is 0. The van der Waals surface area contributed by atoms with Crippen molar-refractivity contribution in [1.82, 2.24) is 0 Å². The Morgan fingerprint density at radius 2 is 0.788 bits per heavy atom. The molecule has 3 aromatic carbocycles.